The first-order valence-electron chi connectivity index (χ1n) is 6.21. The van der Waals surface area contributed by atoms with E-state index in [0.717, 1.165) is 0 Å². The highest BCUT2D eigenvalue weighted by molar-refractivity contribution is 7.13. The standard InChI is InChI=1S/C13H10N6O2S/c1-21-12(20)10-3-2-4-11-16-9(6-19(10)11)5-18(7-14)13-17-15-8-22-13/h2-4,6,8H,5H2,1H3. The number of hydrogen-bond acceptors (Lipinski definition) is 8. The second-order valence-corrected chi connectivity index (χ2v) is 5.08. The molecule has 0 spiro atoms. The molecule has 3 aromatic heterocycles. The maximum absolute atomic E-state index is 11.8. The van der Waals surface area contributed by atoms with Gasteiger partial charge in [-0.25, -0.2) is 14.7 Å². The van der Waals surface area contributed by atoms with Gasteiger partial charge in [-0.05, 0) is 12.1 Å². The van der Waals surface area contributed by atoms with Crippen LogP contribution in [0.3, 0.4) is 0 Å². The topological polar surface area (TPSA) is 96.4 Å². The quantitative estimate of drug-likeness (QED) is 0.408. The molecule has 9 heteroatoms. The molecular formula is C13H10N6O2S. The number of anilines is 1. The van der Waals surface area contributed by atoms with Crippen LogP contribution in [0.5, 0.6) is 0 Å². The summed E-state index contributed by atoms with van der Waals surface area (Å²) in [7, 11) is 1.33. The van der Waals surface area contributed by atoms with Crippen molar-refractivity contribution in [2.45, 2.75) is 6.54 Å². The molecule has 110 valence electrons. The number of methoxy groups -OCH3 is 1. The third-order valence-electron chi connectivity index (χ3n) is 2.96. The zero-order chi connectivity index (χ0) is 15.5. The lowest BCUT2D eigenvalue weighted by atomic mass is 10.3. The van der Waals surface area contributed by atoms with Gasteiger partial charge in [-0.1, -0.05) is 17.4 Å². The molecular weight excluding hydrogens is 304 g/mol. The van der Waals surface area contributed by atoms with Crippen molar-refractivity contribution in [1.82, 2.24) is 19.6 Å². The first-order valence-corrected chi connectivity index (χ1v) is 7.09. The van der Waals surface area contributed by atoms with Crippen molar-refractivity contribution < 1.29 is 9.53 Å². The third-order valence-corrected chi connectivity index (χ3v) is 3.67. The van der Waals surface area contributed by atoms with E-state index in [1.54, 1.807) is 34.3 Å². The Hall–Kier alpha value is -2.99. The largest absolute Gasteiger partial charge is 0.464 e. The normalized spacial score (nSPS) is 10.4. The van der Waals surface area contributed by atoms with Crippen molar-refractivity contribution >= 4 is 28.1 Å². The van der Waals surface area contributed by atoms with Gasteiger partial charge in [0.1, 0.15) is 16.9 Å². The molecule has 0 atom stereocenters. The fourth-order valence-corrected chi connectivity index (χ4v) is 2.52. The van der Waals surface area contributed by atoms with E-state index in [2.05, 4.69) is 15.2 Å². The minimum atomic E-state index is -0.448. The molecule has 0 amide bonds. The average Bonchev–Trinajstić information content (AvgIpc) is 3.20. The van der Waals surface area contributed by atoms with Gasteiger partial charge in [-0.3, -0.25) is 4.40 Å². The minimum Gasteiger partial charge on any atom is -0.464 e. The molecule has 0 bridgehead atoms. The Morgan fingerprint density at radius 1 is 1.55 bits per heavy atom. The van der Waals surface area contributed by atoms with E-state index in [1.807, 2.05) is 6.19 Å². The summed E-state index contributed by atoms with van der Waals surface area (Å²) in [4.78, 5) is 17.5. The second-order valence-electron chi connectivity index (χ2n) is 4.27. The summed E-state index contributed by atoms with van der Waals surface area (Å²) in [6.07, 6.45) is 3.75. The number of hydrogen-bond donors (Lipinski definition) is 0. The number of esters is 1. The molecule has 0 aliphatic rings. The van der Waals surface area contributed by atoms with E-state index >= 15 is 0 Å². The van der Waals surface area contributed by atoms with Crippen LogP contribution in [0.1, 0.15) is 16.2 Å². The first-order chi connectivity index (χ1) is 10.7. The molecule has 0 fully saturated rings. The summed E-state index contributed by atoms with van der Waals surface area (Å²) in [5.74, 6) is -0.448. The van der Waals surface area contributed by atoms with Crippen LogP contribution in [0, 0.1) is 11.5 Å². The van der Waals surface area contributed by atoms with Gasteiger partial charge in [0.25, 0.3) is 0 Å². The molecule has 3 rings (SSSR count). The summed E-state index contributed by atoms with van der Waals surface area (Å²) < 4.78 is 6.38. The van der Waals surface area contributed by atoms with Crippen molar-refractivity contribution in [3.8, 4) is 6.19 Å². The van der Waals surface area contributed by atoms with Crippen molar-refractivity contribution in [3.05, 3.63) is 41.3 Å². The fraction of sp³-hybridized carbons (Fsp3) is 0.154. The number of carbonyl (C=O) groups is 1. The van der Waals surface area contributed by atoms with Gasteiger partial charge in [0.2, 0.25) is 5.13 Å². The summed E-state index contributed by atoms with van der Waals surface area (Å²) in [5.41, 5.74) is 3.16. The van der Waals surface area contributed by atoms with Crippen LogP contribution in [-0.4, -0.2) is 32.7 Å². The Kier molecular flexibility index (Phi) is 3.67. The molecule has 0 N–H and O–H groups in total. The number of aromatic nitrogens is 4. The summed E-state index contributed by atoms with van der Waals surface area (Å²) in [5, 5.41) is 17.3. The van der Waals surface area contributed by atoms with E-state index in [-0.39, 0.29) is 6.54 Å². The predicted octanol–water partition coefficient (Wildman–Crippen LogP) is 1.46. The summed E-state index contributed by atoms with van der Waals surface area (Å²) in [6, 6.07) is 5.15. The van der Waals surface area contributed by atoms with Gasteiger partial charge in [0.15, 0.2) is 6.19 Å². The Balaban J connectivity index is 1.96. The zero-order valence-corrected chi connectivity index (χ0v) is 12.3. The smallest absolute Gasteiger partial charge is 0.355 e. The number of ether oxygens (including phenoxy) is 1. The van der Waals surface area contributed by atoms with Crippen molar-refractivity contribution in [2.24, 2.45) is 0 Å². The highest BCUT2D eigenvalue weighted by Gasteiger charge is 2.15. The lowest BCUT2D eigenvalue weighted by molar-refractivity contribution is 0.0592. The number of imidazole rings is 1. The maximum atomic E-state index is 11.8. The van der Waals surface area contributed by atoms with Gasteiger partial charge in [-0.15, -0.1) is 10.2 Å². The van der Waals surface area contributed by atoms with Gasteiger partial charge in [-0.2, -0.15) is 5.26 Å². The highest BCUT2D eigenvalue weighted by atomic mass is 32.1. The van der Waals surface area contributed by atoms with Crippen LogP contribution in [-0.2, 0) is 11.3 Å². The van der Waals surface area contributed by atoms with Crippen LogP contribution in [0.25, 0.3) is 5.65 Å². The molecule has 0 radical (unpaired) electrons. The number of pyridine rings is 1. The maximum Gasteiger partial charge on any atom is 0.355 e. The highest BCUT2D eigenvalue weighted by Crippen LogP contribution is 2.18. The SMILES string of the molecule is COC(=O)c1cccc2nc(CN(C#N)c3nncs3)cn12. The Labute approximate surface area is 129 Å². The van der Waals surface area contributed by atoms with Crippen molar-refractivity contribution in [3.63, 3.8) is 0 Å². The van der Waals surface area contributed by atoms with E-state index in [1.165, 1.54) is 23.3 Å². The predicted molar refractivity (Wildman–Crippen MR) is 78.2 cm³/mol. The van der Waals surface area contributed by atoms with Crippen molar-refractivity contribution in [2.75, 3.05) is 12.0 Å². The van der Waals surface area contributed by atoms with Crippen LogP contribution < -0.4 is 4.90 Å². The molecule has 0 aliphatic carbocycles. The Morgan fingerprint density at radius 3 is 3.09 bits per heavy atom. The molecule has 8 nitrogen and oxygen atoms in total. The lowest BCUT2D eigenvalue weighted by Crippen LogP contribution is -2.15. The van der Waals surface area contributed by atoms with Gasteiger partial charge in [0, 0.05) is 6.20 Å². The van der Waals surface area contributed by atoms with E-state index in [0.29, 0.717) is 22.2 Å². The Bertz CT molecular complexity index is 851. The number of fused-ring (bicyclic) bond motifs is 1. The molecule has 0 aliphatic heterocycles. The summed E-state index contributed by atoms with van der Waals surface area (Å²) in [6.45, 7) is 0.244. The van der Waals surface area contributed by atoms with Crippen LogP contribution >= 0.6 is 11.3 Å². The third kappa shape index (κ3) is 2.47. The first kappa shape index (κ1) is 14.0. The fourth-order valence-electron chi connectivity index (χ4n) is 2.00. The number of carbonyl (C=O) groups excluding carboxylic acids is 1. The molecule has 0 saturated heterocycles. The molecule has 0 aromatic carbocycles. The number of nitrogens with zero attached hydrogens (tertiary/aromatic N) is 6. The number of nitriles is 1. The molecule has 3 aromatic rings. The lowest BCUT2D eigenvalue weighted by Gasteiger charge is -2.08. The molecule has 0 unspecified atom stereocenters. The zero-order valence-electron chi connectivity index (χ0n) is 11.5. The van der Waals surface area contributed by atoms with Gasteiger partial charge < -0.3 is 4.74 Å². The minimum absolute atomic E-state index is 0.244. The molecule has 22 heavy (non-hydrogen) atoms. The second kappa shape index (κ2) is 5.79. The van der Waals surface area contributed by atoms with E-state index < -0.39 is 5.97 Å². The van der Waals surface area contributed by atoms with E-state index in [9.17, 15) is 10.1 Å². The van der Waals surface area contributed by atoms with E-state index in [4.69, 9.17) is 4.74 Å². The van der Waals surface area contributed by atoms with Crippen LogP contribution in [0.2, 0.25) is 0 Å². The van der Waals surface area contributed by atoms with Gasteiger partial charge >= 0.3 is 5.97 Å². The van der Waals surface area contributed by atoms with Crippen LogP contribution in [0.4, 0.5) is 5.13 Å². The average molecular weight is 314 g/mol. The van der Waals surface area contributed by atoms with Gasteiger partial charge in [0.05, 0.1) is 19.3 Å². The van der Waals surface area contributed by atoms with Crippen molar-refractivity contribution in [1.29, 1.82) is 5.26 Å². The van der Waals surface area contributed by atoms with Crippen LogP contribution in [0.15, 0.2) is 29.9 Å². The summed E-state index contributed by atoms with van der Waals surface area (Å²) >= 11 is 1.27. The Morgan fingerprint density at radius 2 is 2.41 bits per heavy atom. The molecule has 0 saturated carbocycles. The number of rotatable bonds is 4. The monoisotopic (exact) mass is 314 g/mol. The molecule has 3 heterocycles.